The standard InChI is InChI=1S/C23H30N6O3/c1-4-6-13-29-19-20(25-22(29)28-12-8-9-16(24)15-28)26-23(27(3)21(19)30)32-18-11-7-10-17(14-18)31-5-2/h4,6-7,10-11,14,16H,5,8-9,12-13,15,24H2,1-3H3/b6-4+/t16-/m1/s1. The number of hydrogen-bond donors (Lipinski definition) is 1. The predicted molar refractivity (Wildman–Crippen MR) is 125 cm³/mol. The number of allylic oxidation sites excluding steroid dienone is 2. The van der Waals surface area contributed by atoms with E-state index in [1.807, 2.05) is 42.7 Å². The molecule has 1 aliphatic heterocycles. The number of nitrogens with two attached hydrogens (primary N) is 1. The fourth-order valence-electron chi connectivity index (χ4n) is 3.94. The van der Waals surface area contributed by atoms with Gasteiger partial charge in [-0.2, -0.15) is 9.97 Å². The lowest BCUT2D eigenvalue weighted by molar-refractivity contribution is 0.337. The van der Waals surface area contributed by atoms with Crippen LogP contribution in [0, 0.1) is 0 Å². The smallest absolute Gasteiger partial charge is 0.306 e. The van der Waals surface area contributed by atoms with Gasteiger partial charge in [-0.25, -0.2) is 0 Å². The van der Waals surface area contributed by atoms with Gasteiger partial charge >= 0.3 is 6.01 Å². The monoisotopic (exact) mass is 438 g/mol. The molecule has 0 bridgehead atoms. The van der Waals surface area contributed by atoms with E-state index in [0.717, 1.165) is 19.4 Å². The van der Waals surface area contributed by atoms with Crippen LogP contribution in [0.1, 0.15) is 26.7 Å². The van der Waals surface area contributed by atoms with Crippen LogP contribution in [0.4, 0.5) is 5.95 Å². The van der Waals surface area contributed by atoms with E-state index in [4.69, 9.17) is 20.2 Å². The molecule has 0 saturated carbocycles. The van der Waals surface area contributed by atoms with E-state index < -0.39 is 0 Å². The second-order valence-electron chi connectivity index (χ2n) is 7.88. The van der Waals surface area contributed by atoms with Gasteiger partial charge in [0, 0.05) is 38.8 Å². The highest BCUT2D eigenvalue weighted by Crippen LogP contribution is 2.27. The summed E-state index contributed by atoms with van der Waals surface area (Å²) in [6, 6.07) is 7.51. The summed E-state index contributed by atoms with van der Waals surface area (Å²) in [5.74, 6) is 1.94. The van der Waals surface area contributed by atoms with Crippen molar-refractivity contribution in [2.45, 2.75) is 39.3 Å². The molecule has 0 radical (unpaired) electrons. The van der Waals surface area contributed by atoms with E-state index in [1.165, 1.54) is 4.57 Å². The van der Waals surface area contributed by atoms with Crippen LogP contribution in [-0.4, -0.2) is 44.8 Å². The van der Waals surface area contributed by atoms with Crippen LogP contribution < -0.4 is 25.7 Å². The molecule has 3 aromatic rings. The van der Waals surface area contributed by atoms with Crippen LogP contribution in [0.3, 0.4) is 0 Å². The minimum Gasteiger partial charge on any atom is -0.494 e. The Labute approximate surface area is 187 Å². The molecule has 2 N–H and O–H groups in total. The summed E-state index contributed by atoms with van der Waals surface area (Å²) in [4.78, 5) is 24.8. The second kappa shape index (κ2) is 9.44. The Morgan fingerprint density at radius 1 is 1.28 bits per heavy atom. The lowest BCUT2D eigenvalue weighted by atomic mass is 10.1. The fraction of sp³-hybridized carbons (Fsp3) is 0.435. The van der Waals surface area contributed by atoms with Crippen molar-refractivity contribution < 1.29 is 9.47 Å². The van der Waals surface area contributed by atoms with Gasteiger partial charge in [0.15, 0.2) is 11.2 Å². The van der Waals surface area contributed by atoms with Crippen LogP contribution in [0.25, 0.3) is 11.2 Å². The fourth-order valence-corrected chi connectivity index (χ4v) is 3.94. The molecular weight excluding hydrogens is 408 g/mol. The number of anilines is 1. The number of piperidine rings is 1. The number of nitrogens with zero attached hydrogens (tertiary/aromatic N) is 5. The Balaban J connectivity index is 1.78. The zero-order valence-electron chi connectivity index (χ0n) is 18.8. The number of imidazole rings is 1. The first kappa shape index (κ1) is 21.9. The third-order valence-electron chi connectivity index (χ3n) is 5.51. The van der Waals surface area contributed by atoms with Gasteiger partial charge in [0.1, 0.15) is 11.5 Å². The third-order valence-corrected chi connectivity index (χ3v) is 5.51. The number of fused-ring (bicyclic) bond motifs is 1. The molecule has 32 heavy (non-hydrogen) atoms. The molecule has 9 heteroatoms. The highest BCUT2D eigenvalue weighted by molar-refractivity contribution is 5.74. The van der Waals surface area contributed by atoms with E-state index in [1.54, 1.807) is 19.2 Å². The highest BCUT2D eigenvalue weighted by Gasteiger charge is 2.25. The Hall–Kier alpha value is -3.33. The highest BCUT2D eigenvalue weighted by atomic mass is 16.5. The number of benzene rings is 1. The van der Waals surface area contributed by atoms with Crippen molar-refractivity contribution >= 4 is 17.1 Å². The minimum atomic E-state index is -0.212. The van der Waals surface area contributed by atoms with Crippen molar-refractivity contribution in [1.82, 2.24) is 19.1 Å². The van der Waals surface area contributed by atoms with Crippen molar-refractivity contribution in [2.75, 3.05) is 24.6 Å². The molecule has 4 rings (SSSR count). The van der Waals surface area contributed by atoms with Crippen molar-refractivity contribution in [3.05, 3.63) is 46.8 Å². The number of hydrogen-bond acceptors (Lipinski definition) is 7. The summed E-state index contributed by atoms with van der Waals surface area (Å²) in [5, 5.41) is 0. The second-order valence-corrected chi connectivity index (χ2v) is 7.88. The molecule has 1 aromatic carbocycles. The van der Waals surface area contributed by atoms with Gasteiger partial charge in [-0.05, 0) is 38.8 Å². The quantitative estimate of drug-likeness (QED) is 0.566. The van der Waals surface area contributed by atoms with Crippen LogP contribution in [0.15, 0.2) is 41.2 Å². The van der Waals surface area contributed by atoms with Crippen molar-refractivity contribution in [1.29, 1.82) is 0 Å². The van der Waals surface area contributed by atoms with Gasteiger partial charge in [-0.3, -0.25) is 9.36 Å². The molecule has 0 spiro atoms. The average Bonchev–Trinajstić information content (AvgIpc) is 3.14. The van der Waals surface area contributed by atoms with Crippen LogP contribution in [0.5, 0.6) is 17.5 Å². The first-order chi connectivity index (χ1) is 15.5. The summed E-state index contributed by atoms with van der Waals surface area (Å²) >= 11 is 0. The molecular formula is C23H30N6O3. The molecule has 1 saturated heterocycles. The van der Waals surface area contributed by atoms with Crippen LogP contribution in [-0.2, 0) is 13.6 Å². The van der Waals surface area contributed by atoms with Gasteiger partial charge in [0.05, 0.1) is 6.61 Å². The Kier molecular flexibility index (Phi) is 6.45. The maximum atomic E-state index is 13.3. The molecule has 2 aromatic heterocycles. The summed E-state index contributed by atoms with van der Waals surface area (Å²) in [6.07, 6.45) is 5.93. The molecule has 1 fully saturated rings. The maximum absolute atomic E-state index is 13.3. The van der Waals surface area contributed by atoms with Gasteiger partial charge in [-0.15, -0.1) is 0 Å². The SMILES string of the molecule is C/C=C/Cn1c(N2CCC[C@@H](N)C2)nc2nc(Oc3cccc(OCC)c3)n(C)c(=O)c21. The van der Waals surface area contributed by atoms with Gasteiger partial charge in [0.2, 0.25) is 5.95 Å². The third kappa shape index (κ3) is 4.34. The van der Waals surface area contributed by atoms with Crippen molar-refractivity contribution in [3.63, 3.8) is 0 Å². The average molecular weight is 439 g/mol. The zero-order valence-corrected chi connectivity index (χ0v) is 18.8. The Morgan fingerprint density at radius 2 is 2.09 bits per heavy atom. The van der Waals surface area contributed by atoms with E-state index in [-0.39, 0.29) is 17.6 Å². The molecule has 3 heterocycles. The molecule has 0 unspecified atom stereocenters. The van der Waals surface area contributed by atoms with Crippen LogP contribution >= 0.6 is 0 Å². The molecule has 170 valence electrons. The Morgan fingerprint density at radius 3 is 2.84 bits per heavy atom. The first-order valence-corrected chi connectivity index (χ1v) is 11.0. The topological polar surface area (TPSA) is 100 Å². The summed E-state index contributed by atoms with van der Waals surface area (Å²) in [6.45, 7) is 6.51. The van der Waals surface area contributed by atoms with Crippen molar-refractivity contribution in [3.8, 4) is 17.5 Å². The molecule has 0 aliphatic carbocycles. The molecule has 0 amide bonds. The van der Waals surface area contributed by atoms with Crippen molar-refractivity contribution in [2.24, 2.45) is 12.8 Å². The number of ether oxygens (including phenoxy) is 2. The minimum absolute atomic E-state index is 0.0889. The summed E-state index contributed by atoms with van der Waals surface area (Å²) < 4.78 is 14.8. The lowest BCUT2D eigenvalue weighted by Gasteiger charge is -2.31. The first-order valence-electron chi connectivity index (χ1n) is 11.0. The molecule has 1 aliphatic rings. The lowest BCUT2D eigenvalue weighted by Crippen LogP contribution is -2.44. The van der Waals surface area contributed by atoms with E-state index in [9.17, 15) is 4.79 Å². The zero-order chi connectivity index (χ0) is 22.7. The van der Waals surface area contributed by atoms with Crippen LogP contribution in [0.2, 0.25) is 0 Å². The van der Waals surface area contributed by atoms with Gasteiger partial charge in [0.25, 0.3) is 5.56 Å². The van der Waals surface area contributed by atoms with E-state index in [2.05, 4.69) is 9.88 Å². The Bertz CT molecular complexity index is 1180. The van der Waals surface area contributed by atoms with Gasteiger partial charge in [-0.1, -0.05) is 18.2 Å². The molecule has 9 nitrogen and oxygen atoms in total. The number of aromatic nitrogens is 4. The van der Waals surface area contributed by atoms with E-state index >= 15 is 0 Å². The maximum Gasteiger partial charge on any atom is 0.306 e. The summed E-state index contributed by atoms with van der Waals surface area (Å²) in [5.41, 5.74) is 6.81. The number of rotatable bonds is 7. The largest absolute Gasteiger partial charge is 0.494 e. The van der Waals surface area contributed by atoms with Gasteiger partial charge < -0.3 is 24.7 Å². The normalized spacial score (nSPS) is 16.8. The predicted octanol–water partition coefficient (Wildman–Crippen LogP) is 2.82. The molecule has 1 atom stereocenters. The van der Waals surface area contributed by atoms with E-state index in [0.29, 0.717) is 48.3 Å². The summed E-state index contributed by atoms with van der Waals surface area (Å²) in [7, 11) is 1.65.